The molecule has 1 nitrogen and oxygen atoms in total. The lowest BCUT2D eigenvalue weighted by molar-refractivity contribution is 0.365. The molecule has 48 valence electrons. The lowest BCUT2D eigenvalue weighted by atomic mass is 10.6. The van der Waals surface area contributed by atoms with E-state index in [9.17, 15) is 0 Å². The van der Waals surface area contributed by atoms with Crippen LogP contribution in [0.2, 0.25) is 0 Å². The van der Waals surface area contributed by atoms with Crippen LogP contribution in [-0.4, -0.2) is 6.61 Å². The summed E-state index contributed by atoms with van der Waals surface area (Å²) in [6, 6.07) is 1.94. The van der Waals surface area contributed by atoms with Gasteiger partial charge in [0.2, 0.25) is 0 Å². The molecule has 0 amide bonds. The van der Waals surface area contributed by atoms with E-state index in [0.717, 1.165) is 5.75 Å². The van der Waals surface area contributed by atoms with E-state index in [1.165, 1.54) is 0 Å². The Balaban J connectivity index is 2.38. The van der Waals surface area contributed by atoms with Crippen molar-refractivity contribution in [2.45, 2.75) is 0 Å². The first-order valence-electron chi connectivity index (χ1n) is 2.69. The van der Waals surface area contributed by atoms with Crippen LogP contribution in [0.4, 0.5) is 0 Å². The van der Waals surface area contributed by atoms with Gasteiger partial charge in [0.1, 0.15) is 12.4 Å². The van der Waals surface area contributed by atoms with Crippen LogP contribution >= 0.6 is 11.3 Å². The molecule has 1 heterocycles. The minimum Gasteiger partial charge on any atom is -0.489 e. The van der Waals surface area contributed by atoms with Crippen molar-refractivity contribution in [2.24, 2.45) is 0 Å². The molecule has 0 spiro atoms. The zero-order valence-corrected chi connectivity index (χ0v) is 5.86. The van der Waals surface area contributed by atoms with Gasteiger partial charge in [-0.15, -0.1) is 11.3 Å². The molecule has 0 radical (unpaired) electrons. The molecule has 0 saturated heterocycles. The second-order valence-electron chi connectivity index (χ2n) is 1.56. The van der Waals surface area contributed by atoms with Crippen molar-refractivity contribution in [2.75, 3.05) is 6.61 Å². The van der Waals surface area contributed by atoms with Crippen LogP contribution < -0.4 is 4.74 Å². The molecule has 0 N–H and O–H groups in total. The molecule has 0 atom stereocenters. The van der Waals surface area contributed by atoms with Crippen molar-refractivity contribution in [1.82, 2.24) is 0 Å². The SMILES string of the molecule is C=CCOc1ccsc1. The highest BCUT2D eigenvalue weighted by atomic mass is 32.1. The first kappa shape index (κ1) is 6.36. The Kier molecular flexibility index (Phi) is 2.33. The van der Waals surface area contributed by atoms with Gasteiger partial charge in [0, 0.05) is 5.38 Å². The van der Waals surface area contributed by atoms with E-state index in [4.69, 9.17) is 4.74 Å². The Bertz CT molecular complexity index is 167. The number of ether oxygens (including phenoxy) is 1. The van der Waals surface area contributed by atoms with Crippen LogP contribution in [0.15, 0.2) is 29.5 Å². The summed E-state index contributed by atoms with van der Waals surface area (Å²) in [6.45, 7) is 4.13. The van der Waals surface area contributed by atoms with Crippen molar-refractivity contribution < 1.29 is 4.74 Å². The summed E-state index contributed by atoms with van der Waals surface area (Å²) < 4.78 is 5.19. The quantitative estimate of drug-likeness (QED) is 0.585. The first-order valence-corrected chi connectivity index (χ1v) is 3.63. The molecule has 0 aromatic carbocycles. The molecule has 0 aliphatic carbocycles. The molecular formula is C7H8OS. The van der Waals surface area contributed by atoms with Crippen molar-refractivity contribution >= 4 is 11.3 Å². The number of hydrogen-bond acceptors (Lipinski definition) is 2. The van der Waals surface area contributed by atoms with Gasteiger partial charge < -0.3 is 4.74 Å². The number of rotatable bonds is 3. The zero-order valence-electron chi connectivity index (χ0n) is 5.04. The Labute approximate surface area is 58.6 Å². The number of thiophene rings is 1. The molecule has 0 aliphatic rings. The van der Waals surface area contributed by atoms with Crippen molar-refractivity contribution in [3.8, 4) is 5.75 Å². The van der Waals surface area contributed by atoms with Crippen LogP contribution in [0.1, 0.15) is 0 Å². The van der Waals surface area contributed by atoms with E-state index in [1.807, 2.05) is 16.8 Å². The molecule has 2 heteroatoms. The maximum atomic E-state index is 5.19. The predicted octanol–water partition coefficient (Wildman–Crippen LogP) is 2.31. The van der Waals surface area contributed by atoms with Gasteiger partial charge in [-0.05, 0) is 11.4 Å². The lowest BCUT2D eigenvalue weighted by Crippen LogP contribution is -1.89. The van der Waals surface area contributed by atoms with E-state index >= 15 is 0 Å². The summed E-state index contributed by atoms with van der Waals surface area (Å²) in [5.74, 6) is 0.930. The monoisotopic (exact) mass is 140 g/mol. The average molecular weight is 140 g/mol. The van der Waals surface area contributed by atoms with Gasteiger partial charge >= 0.3 is 0 Å². The summed E-state index contributed by atoms with van der Waals surface area (Å²) in [5, 5.41) is 3.95. The summed E-state index contributed by atoms with van der Waals surface area (Å²) in [5.41, 5.74) is 0. The van der Waals surface area contributed by atoms with E-state index in [2.05, 4.69) is 6.58 Å². The Morgan fingerprint density at radius 1 is 1.78 bits per heavy atom. The van der Waals surface area contributed by atoms with E-state index < -0.39 is 0 Å². The highest BCUT2D eigenvalue weighted by Crippen LogP contribution is 2.13. The standard InChI is InChI=1S/C7H8OS/c1-2-4-8-7-3-5-9-6-7/h2-3,5-6H,1,4H2. The number of hydrogen-bond donors (Lipinski definition) is 0. The van der Waals surface area contributed by atoms with Gasteiger partial charge in [-0.2, -0.15) is 0 Å². The van der Waals surface area contributed by atoms with Gasteiger partial charge in [-0.3, -0.25) is 0 Å². The maximum Gasteiger partial charge on any atom is 0.130 e. The predicted molar refractivity (Wildman–Crippen MR) is 40.0 cm³/mol. The van der Waals surface area contributed by atoms with Gasteiger partial charge in [0.05, 0.1) is 0 Å². The molecule has 1 aromatic heterocycles. The van der Waals surface area contributed by atoms with E-state index in [0.29, 0.717) is 6.61 Å². The second kappa shape index (κ2) is 3.30. The zero-order chi connectivity index (χ0) is 6.53. The van der Waals surface area contributed by atoms with Crippen LogP contribution in [0.5, 0.6) is 5.75 Å². The second-order valence-corrected chi connectivity index (χ2v) is 2.34. The molecule has 9 heavy (non-hydrogen) atoms. The average Bonchev–Trinajstić information content (AvgIpc) is 2.34. The molecule has 1 rings (SSSR count). The molecule has 0 unspecified atom stereocenters. The normalized spacial score (nSPS) is 8.89. The Hall–Kier alpha value is -0.760. The first-order chi connectivity index (χ1) is 4.43. The van der Waals surface area contributed by atoms with Gasteiger partial charge in [0.15, 0.2) is 0 Å². The molecule has 0 fully saturated rings. The summed E-state index contributed by atoms with van der Waals surface area (Å²) >= 11 is 1.63. The van der Waals surface area contributed by atoms with Crippen molar-refractivity contribution in [3.05, 3.63) is 29.5 Å². The summed E-state index contributed by atoms with van der Waals surface area (Å²) in [7, 11) is 0. The largest absolute Gasteiger partial charge is 0.489 e. The third kappa shape index (κ3) is 1.90. The maximum absolute atomic E-state index is 5.19. The van der Waals surface area contributed by atoms with Crippen LogP contribution in [0, 0.1) is 0 Å². The highest BCUT2D eigenvalue weighted by molar-refractivity contribution is 7.08. The fourth-order valence-corrected chi connectivity index (χ4v) is 1.06. The molecule has 0 saturated carbocycles. The summed E-state index contributed by atoms with van der Waals surface area (Å²) in [6.07, 6.45) is 1.73. The molecule has 0 bridgehead atoms. The molecule has 0 aliphatic heterocycles. The topological polar surface area (TPSA) is 9.23 Å². The van der Waals surface area contributed by atoms with E-state index in [-0.39, 0.29) is 0 Å². The summed E-state index contributed by atoms with van der Waals surface area (Å²) in [4.78, 5) is 0. The van der Waals surface area contributed by atoms with Crippen LogP contribution in [-0.2, 0) is 0 Å². The third-order valence-electron chi connectivity index (χ3n) is 0.863. The Morgan fingerprint density at radius 3 is 3.22 bits per heavy atom. The van der Waals surface area contributed by atoms with Crippen molar-refractivity contribution in [1.29, 1.82) is 0 Å². The van der Waals surface area contributed by atoms with Crippen molar-refractivity contribution in [3.63, 3.8) is 0 Å². The fraction of sp³-hybridized carbons (Fsp3) is 0.143. The lowest BCUT2D eigenvalue weighted by Gasteiger charge is -1.95. The van der Waals surface area contributed by atoms with Crippen LogP contribution in [0.25, 0.3) is 0 Å². The van der Waals surface area contributed by atoms with Gasteiger partial charge in [-0.25, -0.2) is 0 Å². The molecular weight excluding hydrogens is 132 g/mol. The van der Waals surface area contributed by atoms with Crippen LogP contribution in [0.3, 0.4) is 0 Å². The van der Waals surface area contributed by atoms with Gasteiger partial charge in [0.25, 0.3) is 0 Å². The molecule has 1 aromatic rings. The smallest absolute Gasteiger partial charge is 0.130 e. The minimum absolute atomic E-state index is 0.594. The van der Waals surface area contributed by atoms with E-state index in [1.54, 1.807) is 17.4 Å². The highest BCUT2D eigenvalue weighted by Gasteiger charge is 1.87. The minimum atomic E-state index is 0.594. The Morgan fingerprint density at radius 2 is 2.67 bits per heavy atom. The third-order valence-corrected chi connectivity index (χ3v) is 1.52. The van der Waals surface area contributed by atoms with Gasteiger partial charge in [-0.1, -0.05) is 12.7 Å². The fourth-order valence-electron chi connectivity index (χ4n) is 0.489.